The number of aliphatic carboxylic acids is 1. The van der Waals surface area contributed by atoms with E-state index >= 15 is 0 Å². The summed E-state index contributed by atoms with van der Waals surface area (Å²) in [5.41, 5.74) is 15.4. The standard InChI is InChI=1S/2C15H17N5O4.C12H13N5O4.C5H12O.C2H4O2.CH4O.K.H2O4S/c2*1-14(2)23-11-9(5-21)22-15(6-16,12(11)24-14)10-4-3-8-13(17)18-7-19-20(8)10;13-4-12(10(20)9(19)7(3-18)21-12)8-2-1-6-11(14)15-5-16-17(6)8;1-5(2,3)6-4;1-2(3)4;1-2;;1-5(2,3)4/h2*3-4,7,9,11-12,21H,5H2,1-2H3,(H2,17,18,19);1-2,5,7,9-10,18-20H,3H2,(H2,14,15,16);1-4H3;1H3,(H,3,4);2H,1H3;;(H2,1,2,3,4)/q;;;;;;+1;/p-1/t2*9-,11-,12-,15+;7-,9-,10-,12+;;;;;/m111...../s1. The van der Waals surface area contributed by atoms with Crippen molar-refractivity contribution in [3.63, 3.8) is 0 Å². The van der Waals surface area contributed by atoms with Crippen molar-refractivity contribution < 1.29 is 147 Å². The minimum absolute atomic E-state index is 0. The van der Waals surface area contributed by atoms with E-state index in [1.807, 2.05) is 26.8 Å². The predicted octanol–water partition coefficient (Wildman–Crippen LogP) is -5.83. The fourth-order valence-electron chi connectivity index (χ4n) is 9.52. The zero-order valence-corrected chi connectivity index (χ0v) is 52.9. The van der Waals surface area contributed by atoms with Gasteiger partial charge in [0, 0.05) is 20.2 Å². The van der Waals surface area contributed by atoms with Gasteiger partial charge < -0.3 is 95.6 Å². The molecule has 0 spiro atoms. The van der Waals surface area contributed by atoms with Crippen LogP contribution in [0.1, 0.15) is 72.5 Å². The number of carbonyl (C=O) groups is 1. The van der Waals surface area contributed by atoms with E-state index in [-0.39, 0.29) is 81.7 Å². The fraction of sp³-hybridized carbons (Fsp3) is 0.560. The zero-order valence-electron chi connectivity index (χ0n) is 49.0. The Morgan fingerprint density at radius 1 is 0.632 bits per heavy atom. The first kappa shape index (κ1) is 73.6. The van der Waals surface area contributed by atoms with Gasteiger partial charge in [-0.3, -0.25) is 9.11 Å². The van der Waals surface area contributed by atoms with Crippen molar-refractivity contribution in [2.45, 2.75) is 144 Å². The molecule has 12 atom stereocenters. The van der Waals surface area contributed by atoms with Crippen LogP contribution in [0, 0.1) is 34.0 Å². The number of methoxy groups -OCH3 is 1. The van der Waals surface area contributed by atoms with E-state index < -0.39 is 106 Å². The molecule has 5 aliphatic heterocycles. The van der Waals surface area contributed by atoms with Crippen LogP contribution in [0.25, 0.3) is 16.6 Å². The minimum Gasteiger partial charge on any atom is -0.550 e. The maximum atomic E-state index is 10.2. The molecule has 87 heavy (non-hydrogen) atoms. The van der Waals surface area contributed by atoms with Gasteiger partial charge in [0.05, 0.1) is 42.5 Å². The molecular weight excluding hydrogens is 1200 g/mol. The van der Waals surface area contributed by atoms with Crippen LogP contribution in [0.4, 0.5) is 17.5 Å². The number of fused-ring (bicyclic) bond motifs is 5. The van der Waals surface area contributed by atoms with Crippen molar-refractivity contribution >= 4 is 50.4 Å². The summed E-state index contributed by atoms with van der Waals surface area (Å²) in [7, 11) is -1.96. The van der Waals surface area contributed by atoms with Crippen molar-refractivity contribution in [1.29, 1.82) is 15.8 Å². The Kier molecular flexibility index (Phi) is 24.7. The van der Waals surface area contributed by atoms with E-state index in [4.69, 9.17) is 87.6 Å². The average Bonchev–Trinajstić information content (AvgIpc) is 1.58. The van der Waals surface area contributed by atoms with Gasteiger partial charge >= 0.3 is 61.8 Å². The van der Waals surface area contributed by atoms with Crippen LogP contribution in [0.3, 0.4) is 0 Å². The van der Waals surface area contributed by atoms with E-state index in [2.05, 4.69) is 42.4 Å². The number of aliphatic hydroxyl groups is 6. The fourth-order valence-corrected chi connectivity index (χ4v) is 9.52. The van der Waals surface area contributed by atoms with Crippen LogP contribution >= 0.6 is 0 Å². The number of aromatic nitrogens is 9. The van der Waals surface area contributed by atoms with Crippen molar-refractivity contribution in [2.24, 2.45) is 0 Å². The number of nitrogens with two attached hydrogens (primary N) is 3. The molecule has 6 aromatic heterocycles. The van der Waals surface area contributed by atoms with Crippen molar-refractivity contribution in [3.05, 3.63) is 72.5 Å². The first-order valence-electron chi connectivity index (χ1n) is 25.5. The topological polar surface area (TPSA) is 550 Å². The van der Waals surface area contributed by atoms with Gasteiger partial charge in [0.1, 0.15) is 109 Å². The SMILES string of the molecule is CC(=O)[O-].CC1(C)O[C@H]2[C@@H](O1)[C@](C#N)(c1ccc3c(N)ncnn13)O[C@@H]2CO.CC1(C)O[C@H]2[C@@H](O1)[C@](C#N)(c1ccc3c(N)ncnn13)O[C@@H]2CO.CO.COC(C)(C)C.N#C[C@@]1(c2ccc3c(N)ncnn23)O[C@H](CO)[C@@H](O)[C@H]1O.O=S(=O)(O)O.[K+]. The summed E-state index contributed by atoms with van der Waals surface area (Å²) in [6, 6.07) is 16.2. The van der Waals surface area contributed by atoms with Gasteiger partial charge in [-0.1, -0.05) is 0 Å². The number of carboxylic acids is 1. The van der Waals surface area contributed by atoms with Gasteiger partial charge in [-0.15, -0.1) is 0 Å². The Morgan fingerprint density at radius 2 is 0.908 bits per heavy atom. The number of hydrogen-bond donors (Lipinski definition) is 11. The molecule has 5 saturated heterocycles. The van der Waals surface area contributed by atoms with Gasteiger partial charge in [-0.2, -0.15) is 39.5 Å². The summed E-state index contributed by atoms with van der Waals surface area (Å²) in [4.78, 5) is 20.6. The number of carboxylic acid groups (broad SMARTS) is 1. The molecule has 5 aliphatic rings. The molecule has 11 heterocycles. The van der Waals surface area contributed by atoms with Gasteiger partial charge in [0.25, 0.3) is 0 Å². The quantitative estimate of drug-likeness (QED) is 0.0547. The molecule has 0 aromatic carbocycles. The van der Waals surface area contributed by atoms with Crippen molar-refractivity contribution in [2.75, 3.05) is 51.2 Å². The number of aliphatic hydroxyl groups excluding tert-OH is 6. The number of nitrogen functional groups attached to an aromatic ring is 3. The van der Waals surface area contributed by atoms with E-state index in [1.54, 1.807) is 65.1 Å². The Labute approximate surface area is 539 Å². The van der Waals surface area contributed by atoms with Gasteiger partial charge in [0.15, 0.2) is 29.0 Å². The molecular formula is C50H68KN15O20S. The molecule has 0 unspecified atom stereocenters. The first-order valence-corrected chi connectivity index (χ1v) is 26.9. The first-order chi connectivity index (χ1) is 40.2. The van der Waals surface area contributed by atoms with E-state index in [1.165, 1.54) is 38.6 Å². The zero-order chi connectivity index (χ0) is 64.7. The predicted molar refractivity (Wildman–Crippen MR) is 289 cm³/mol. The van der Waals surface area contributed by atoms with Gasteiger partial charge in [-0.25, -0.2) is 28.5 Å². The Morgan fingerprint density at radius 3 is 1.16 bits per heavy atom. The van der Waals surface area contributed by atoms with E-state index in [9.17, 15) is 41.3 Å². The molecule has 0 saturated carbocycles. The molecule has 6 aromatic rings. The molecule has 470 valence electrons. The van der Waals surface area contributed by atoms with Crippen LogP contribution < -0.4 is 73.7 Å². The summed E-state index contributed by atoms with van der Waals surface area (Å²) in [6.45, 7) is 13.0. The number of nitriles is 3. The molecule has 37 heteroatoms. The molecule has 0 amide bonds. The number of rotatable bonds is 6. The van der Waals surface area contributed by atoms with Crippen LogP contribution in [0.2, 0.25) is 0 Å². The molecule has 0 aliphatic carbocycles. The Balaban J connectivity index is 0.000000246. The van der Waals surface area contributed by atoms with Gasteiger partial charge in [-0.05, 0) is 91.8 Å². The summed E-state index contributed by atoms with van der Waals surface area (Å²) in [5.74, 6) is -2.05. The second-order valence-electron chi connectivity index (χ2n) is 20.8. The second-order valence-corrected chi connectivity index (χ2v) is 21.7. The number of carbonyl (C=O) groups excluding carboxylic acids is 1. The maximum Gasteiger partial charge on any atom is 1.00 e. The molecule has 5 fully saturated rings. The third-order valence-electron chi connectivity index (χ3n) is 13.2. The summed E-state index contributed by atoms with van der Waals surface area (Å²) in [5, 5.41) is 106. The third-order valence-corrected chi connectivity index (χ3v) is 13.2. The third kappa shape index (κ3) is 15.8. The maximum absolute atomic E-state index is 10.2. The van der Waals surface area contributed by atoms with Gasteiger partial charge in [0.2, 0.25) is 16.8 Å². The minimum atomic E-state index is -4.67. The number of hydrogen-bond acceptors (Lipinski definition) is 30. The van der Waals surface area contributed by atoms with Crippen molar-refractivity contribution in [3.8, 4) is 18.2 Å². The molecule has 35 nitrogen and oxygen atoms in total. The molecule has 14 N–H and O–H groups in total. The number of anilines is 3. The Hall–Kier alpha value is -5.85. The largest absolute Gasteiger partial charge is 1.00 e. The van der Waals surface area contributed by atoms with Crippen LogP contribution in [0.15, 0.2) is 55.4 Å². The normalized spacial score (nSPS) is 28.6. The van der Waals surface area contributed by atoms with Crippen molar-refractivity contribution in [1.82, 2.24) is 43.8 Å². The second kappa shape index (κ2) is 29.2. The monoisotopic (exact) mass is 1270 g/mol. The number of nitrogens with zero attached hydrogens (tertiary/aromatic N) is 12. The molecule has 11 rings (SSSR count). The average molecular weight is 1270 g/mol. The smallest absolute Gasteiger partial charge is 0.550 e. The summed E-state index contributed by atoms with van der Waals surface area (Å²) in [6.07, 6.45) is -4.05. The number of ether oxygens (including phenoxy) is 8. The van der Waals surface area contributed by atoms with E-state index in [0.717, 1.165) is 14.0 Å². The molecule has 0 radical (unpaired) electrons. The summed E-state index contributed by atoms with van der Waals surface area (Å²) >= 11 is 0. The van der Waals surface area contributed by atoms with Crippen LogP contribution in [0.5, 0.6) is 0 Å². The Bertz CT molecular complexity index is 3420. The summed E-state index contributed by atoms with van der Waals surface area (Å²) < 4.78 is 81.7. The van der Waals surface area contributed by atoms with E-state index in [0.29, 0.717) is 39.6 Å². The molecule has 0 bridgehead atoms. The van der Waals surface area contributed by atoms with Crippen LogP contribution in [-0.4, -0.2) is 204 Å². The van der Waals surface area contributed by atoms with Crippen LogP contribution in [-0.2, 0) is 69.9 Å².